The second-order valence-electron chi connectivity index (χ2n) is 4.06. The average Bonchev–Trinajstić information content (AvgIpc) is 2.31. The van der Waals surface area contributed by atoms with Crippen LogP contribution >= 0.6 is 0 Å². The van der Waals surface area contributed by atoms with Crippen LogP contribution in [0.2, 0.25) is 0 Å². The summed E-state index contributed by atoms with van der Waals surface area (Å²) in [7, 11) is 1.52. The van der Waals surface area contributed by atoms with Gasteiger partial charge in [-0.2, -0.15) is 0 Å². The molecule has 100 valence electrons. The van der Waals surface area contributed by atoms with Crippen LogP contribution in [0.15, 0.2) is 18.2 Å². The molecule has 6 nitrogen and oxygen atoms in total. The lowest BCUT2D eigenvalue weighted by atomic mass is 10.1. The van der Waals surface area contributed by atoms with Crippen molar-refractivity contribution in [2.45, 2.75) is 19.6 Å². The Bertz CT molecular complexity index is 409. The predicted molar refractivity (Wildman–Crippen MR) is 67.4 cm³/mol. The molecule has 0 spiro atoms. The van der Waals surface area contributed by atoms with E-state index in [0.717, 1.165) is 5.56 Å². The van der Waals surface area contributed by atoms with Crippen molar-refractivity contribution >= 4 is 5.69 Å². The Balaban J connectivity index is 2.57. The molecule has 0 radical (unpaired) electrons. The highest BCUT2D eigenvalue weighted by Gasteiger charge is 2.12. The first-order valence-electron chi connectivity index (χ1n) is 5.67. The molecule has 6 heteroatoms. The topological polar surface area (TPSA) is 84.6 Å². The molecule has 18 heavy (non-hydrogen) atoms. The fraction of sp³-hybridized carbons (Fsp3) is 0.500. The number of nitro groups is 1. The van der Waals surface area contributed by atoms with E-state index in [2.05, 4.69) is 5.32 Å². The van der Waals surface area contributed by atoms with Crippen molar-refractivity contribution in [1.29, 1.82) is 0 Å². The molecule has 0 saturated carbocycles. The third-order valence-corrected chi connectivity index (χ3v) is 2.67. The third kappa shape index (κ3) is 4.06. The van der Waals surface area contributed by atoms with Crippen molar-refractivity contribution < 1.29 is 14.8 Å². The van der Waals surface area contributed by atoms with Gasteiger partial charge in [0.1, 0.15) is 0 Å². The van der Waals surface area contributed by atoms with Gasteiger partial charge >= 0.3 is 0 Å². The molecule has 1 aromatic carbocycles. The van der Waals surface area contributed by atoms with Gasteiger partial charge in [0.15, 0.2) is 0 Å². The fourth-order valence-corrected chi connectivity index (χ4v) is 1.68. The van der Waals surface area contributed by atoms with Crippen LogP contribution in [0.5, 0.6) is 0 Å². The SMILES string of the molecule is COCC(O)CNCc1cccc([N+](=O)[O-])c1C. The monoisotopic (exact) mass is 254 g/mol. The number of ether oxygens (including phenoxy) is 1. The molecule has 0 bridgehead atoms. The molecule has 0 saturated heterocycles. The number of aliphatic hydroxyl groups is 1. The standard InChI is InChI=1S/C12H18N2O4/c1-9-10(4-3-5-12(9)14(16)17)6-13-7-11(15)8-18-2/h3-5,11,13,15H,6-8H2,1-2H3. The van der Waals surface area contributed by atoms with Gasteiger partial charge in [0.25, 0.3) is 5.69 Å². The summed E-state index contributed by atoms with van der Waals surface area (Å²) in [5, 5.41) is 23.3. The molecular formula is C12H18N2O4. The molecule has 1 unspecified atom stereocenters. The predicted octanol–water partition coefficient (Wildman–Crippen LogP) is 1.00. The van der Waals surface area contributed by atoms with Gasteiger partial charge in [0.2, 0.25) is 0 Å². The van der Waals surface area contributed by atoms with Crippen molar-refractivity contribution in [2.75, 3.05) is 20.3 Å². The summed E-state index contributed by atoms with van der Waals surface area (Å²) in [6.07, 6.45) is -0.575. The van der Waals surface area contributed by atoms with Crippen molar-refractivity contribution in [2.24, 2.45) is 0 Å². The lowest BCUT2D eigenvalue weighted by Gasteiger charge is -2.11. The number of nitro benzene ring substituents is 1. The largest absolute Gasteiger partial charge is 0.389 e. The number of benzene rings is 1. The van der Waals surface area contributed by atoms with E-state index in [-0.39, 0.29) is 12.3 Å². The van der Waals surface area contributed by atoms with Crippen LogP contribution < -0.4 is 5.32 Å². The first kappa shape index (κ1) is 14.6. The Labute approximate surface area is 106 Å². The minimum Gasteiger partial charge on any atom is -0.389 e. The summed E-state index contributed by atoms with van der Waals surface area (Å²) in [5.74, 6) is 0. The third-order valence-electron chi connectivity index (χ3n) is 2.67. The van der Waals surface area contributed by atoms with E-state index in [1.54, 1.807) is 13.0 Å². The molecule has 0 aromatic heterocycles. The van der Waals surface area contributed by atoms with Gasteiger partial charge < -0.3 is 15.2 Å². The molecule has 0 aliphatic rings. The molecule has 2 N–H and O–H groups in total. The lowest BCUT2D eigenvalue weighted by Crippen LogP contribution is -2.29. The Morgan fingerprint density at radius 3 is 2.89 bits per heavy atom. The Morgan fingerprint density at radius 2 is 2.28 bits per heavy atom. The van der Waals surface area contributed by atoms with Crippen LogP contribution in [0.3, 0.4) is 0 Å². The Morgan fingerprint density at radius 1 is 1.56 bits per heavy atom. The van der Waals surface area contributed by atoms with Crippen molar-refractivity contribution in [3.8, 4) is 0 Å². The van der Waals surface area contributed by atoms with Gasteiger partial charge in [0.05, 0.1) is 17.6 Å². The highest BCUT2D eigenvalue weighted by molar-refractivity contribution is 5.44. The quantitative estimate of drug-likeness (QED) is 0.560. The first-order chi connectivity index (χ1) is 8.56. The van der Waals surface area contributed by atoms with Crippen molar-refractivity contribution in [1.82, 2.24) is 5.32 Å². The summed E-state index contributed by atoms with van der Waals surface area (Å²) in [5.41, 5.74) is 1.62. The van der Waals surface area contributed by atoms with E-state index in [1.165, 1.54) is 13.2 Å². The van der Waals surface area contributed by atoms with Crippen LogP contribution in [-0.2, 0) is 11.3 Å². The maximum atomic E-state index is 10.8. The number of hydrogen-bond donors (Lipinski definition) is 2. The van der Waals surface area contributed by atoms with Crippen LogP contribution in [0.1, 0.15) is 11.1 Å². The number of hydrogen-bond acceptors (Lipinski definition) is 5. The van der Waals surface area contributed by atoms with E-state index in [1.807, 2.05) is 6.07 Å². The maximum Gasteiger partial charge on any atom is 0.272 e. The number of aliphatic hydroxyl groups excluding tert-OH is 1. The van der Waals surface area contributed by atoms with E-state index in [0.29, 0.717) is 18.7 Å². The van der Waals surface area contributed by atoms with E-state index >= 15 is 0 Å². The smallest absolute Gasteiger partial charge is 0.272 e. The second kappa shape index (κ2) is 7.05. The normalized spacial score (nSPS) is 12.4. The molecule has 1 aromatic rings. The Hall–Kier alpha value is -1.50. The summed E-state index contributed by atoms with van der Waals surface area (Å²) in [6, 6.07) is 4.98. The van der Waals surface area contributed by atoms with Gasteiger partial charge in [-0.25, -0.2) is 0 Å². The summed E-state index contributed by atoms with van der Waals surface area (Å²) in [6.45, 7) is 2.85. The molecule has 0 fully saturated rings. The Kier molecular flexibility index (Phi) is 5.70. The van der Waals surface area contributed by atoms with Gasteiger partial charge in [-0.3, -0.25) is 10.1 Å². The van der Waals surface area contributed by atoms with Crippen molar-refractivity contribution in [3.63, 3.8) is 0 Å². The first-order valence-corrected chi connectivity index (χ1v) is 5.67. The van der Waals surface area contributed by atoms with E-state index in [9.17, 15) is 15.2 Å². The summed E-state index contributed by atoms with van der Waals surface area (Å²) in [4.78, 5) is 10.4. The molecule has 0 aliphatic carbocycles. The number of nitrogens with zero attached hydrogens (tertiary/aromatic N) is 1. The number of methoxy groups -OCH3 is 1. The summed E-state index contributed by atoms with van der Waals surface area (Å²) >= 11 is 0. The van der Waals surface area contributed by atoms with Gasteiger partial charge in [0, 0.05) is 31.8 Å². The number of rotatable bonds is 7. The molecular weight excluding hydrogens is 236 g/mol. The number of nitrogens with one attached hydrogen (secondary N) is 1. The van der Waals surface area contributed by atoms with Crippen LogP contribution in [0.4, 0.5) is 5.69 Å². The zero-order chi connectivity index (χ0) is 13.5. The van der Waals surface area contributed by atoms with Crippen molar-refractivity contribution in [3.05, 3.63) is 39.4 Å². The summed E-state index contributed by atoms with van der Waals surface area (Å²) < 4.78 is 4.80. The zero-order valence-corrected chi connectivity index (χ0v) is 10.5. The molecule has 0 heterocycles. The average molecular weight is 254 g/mol. The molecule has 0 amide bonds. The molecule has 0 aliphatic heterocycles. The van der Waals surface area contributed by atoms with E-state index < -0.39 is 11.0 Å². The molecule has 1 atom stereocenters. The molecule has 1 rings (SSSR count). The minimum atomic E-state index is -0.575. The van der Waals surface area contributed by atoms with Crippen LogP contribution in [0.25, 0.3) is 0 Å². The highest BCUT2D eigenvalue weighted by atomic mass is 16.6. The minimum absolute atomic E-state index is 0.117. The van der Waals surface area contributed by atoms with Gasteiger partial charge in [-0.1, -0.05) is 12.1 Å². The highest BCUT2D eigenvalue weighted by Crippen LogP contribution is 2.20. The second-order valence-corrected chi connectivity index (χ2v) is 4.06. The zero-order valence-electron chi connectivity index (χ0n) is 10.5. The van der Waals surface area contributed by atoms with E-state index in [4.69, 9.17) is 4.74 Å². The van der Waals surface area contributed by atoms with Gasteiger partial charge in [-0.15, -0.1) is 0 Å². The van der Waals surface area contributed by atoms with Gasteiger partial charge in [-0.05, 0) is 12.5 Å². The van der Waals surface area contributed by atoms with Crippen LogP contribution in [-0.4, -0.2) is 36.4 Å². The maximum absolute atomic E-state index is 10.8. The lowest BCUT2D eigenvalue weighted by molar-refractivity contribution is -0.385. The van der Waals surface area contributed by atoms with Crippen LogP contribution in [0, 0.1) is 17.0 Å². The fourth-order valence-electron chi connectivity index (χ4n) is 1.68.